The zero-order valence-corrected chi connectivity index (χ0v) is 20.8. The molecule has 0 spiro atoms. The molecule has 3 unspecified atom stereocenters. The predicted octanol–water partition coefficient (Wildman–Crippen LogP) is 5.42. The summed E-state index contributed by atoms with van der Waals surface area (Å²) < 4.78 is 7.25. The summed E-state index contributed by atoms with van der Waals surface area (Å²) in [5.41, 5.74) is -0.918. The molecule has 1 heterocycles. The number of amides is 1. The quantitative estimate of drug-likeness (QED) is 0.193. The molecule has 0 saturated heterocycles. The van der Waals surface area contributed by atoms with E-state index in [-0.39, 0.29) is 12.3 Å². The summed E-state index contributed by atoms with van der Waals surface area (Å²) in [7, 11) is 0. The Morgan fingerprint density at radius 3 is 2.33 bits per heavy atom. The van der Waals surface area contributed by atoms with Crippen molar-refractivity contribution in [2.75, 3.05) is 0 Å². The highest BCUT2D eigenvalue weighted by molar-refractivity contribution is 9.10. The van der Waals surface area contributed by atoms with E-state index in [2.05, 4.69) is 37.2 Å². The van der Waals surface area contributed by atoms with Crippen molar-refractivity contribution in [3.05, 3.63) is 98.4 Å². The lowest BCUT2D eigenvalue weighted by molar-refractivity contribution is -0.149. The Kier molecular flexibility index (Phi) is 5.29. The number of ether oxygens (including phenoxy) is 1. The van der Waals surface area contributed by atoms with Crippen LogP contribution in [0.1, 0.15) is 34.3 Å². The second kappa shape index (κ2) is 7.92. The van der Waals surface area contributed by atoms with Gasteiger partial charge in [-0.05, 0) is 42.8 Å². The monoisotopic (exact) mass is 567 g/mol. The van der Waals surface area contributed by atoms with Crippen molar-refractivity contribution in [1.82, 2.24) is 5.32 Å². The molecular weight excluding hydrogens is 550 g/mol. The molecule has 5 rings (SSSR count). The maximum atomic E-state index is 13.8. The van der Waals surface area contributed by atoms with Crippen molar-refractivity contribution >= 4 is 49.5 Å². The number of nitrogens with one attached hydrogen (secondary N) is 1. The summed E-state index contributed by atoms with van der Waals surface area (Å²) in [6.45, 7) is 1.94. The minimum Gasteiger partial charge on any atom is -0.425 e. The van der Waals surface area contributed by atoms with Gasteiger partial charge in [-0.1, -0.05) is 74.3 Å². The summed E-state index contributed by atoms with van der Waals surface area (Å²) >= 11 is 6.85. The van der Waals surface area contributed by atoms with E-state index in [4.69, 9.17) is 4.74 Å². The first-order valence-electron chi connectivity index (χ1n) is 10.4. The normalized spacial score (nSPS) is 24.8. The number of ketones is 1. The second-order valence-corrected chi connectivity index (χ2v) is 10.4. The van der Waals surface area contributed by atoms with Crippen LogP contribution in [-0.4, -0.2) is 17.7 Å². The Bertz CT molecular complexity index is 1290. The van der Waals surface area contributed by atoms with Gasteiger partial charge in [0.05, 0.1) is 5.41 Å². The van der Waals surface area contributed by atoms with Gasteiger partial charge in [-0.2, -0.15) is 0 Å². The largest absolute Gasteiger partial charge is 0.425 e. The van der Waals surface area contributed by atoms with Gasteiger partial charge in [-0.15, -0.1) is 0 Å². The van der Waals surface area contributed by atoms with Crippen LogP contribution in [0.4, 0.5) is 0 Å². The molecule has 0 bridgehead atoms. The molecule has 3 aromatic rings. The number of halogens is 2. The molecule has 3 atom stereocenters. The average molecular weight is 569 g/mol. The second-order valence-electron chi connectivity index (χ2n) is 8.52. The highest BCUT2D eigenvalue weighted by atomic mass is 79.9. The molecule has 166 valence electrons. The Morgan fingerprint density at radius 2 is 1.64 bits per heavy atom. The van der Waals surface area contributed by atoms with Gasteiger partial charge in [0.2, 0.25) is 5.91 Å². The molecule has 0 radical (unpaired) electrons. The van der Waals surface area contributed by atoms with Crippen LogP contribution in [0.2, 0.25) is 0 Å². The first-order chi connectivity index (χ1) is 15.8. The van der Waals surface area contributed by atoms with Gasteiger partial charge in [-0.25, -0.2) is 0 Å². The number of benzene rings is 3. The molecule has 1 fully saturated rings. The lowest BCUT2D eigenvalue weighted by atomic mass is 9.86. The van der Waals surface area contributed by atoms with Gasteiger partial charge in [0.15, 0.2) is 11.2 Å². The third kappa shape index (κ3) is 3.21. The van der Waals surface area contributed by atoms with E-state index < -0.39 is 28.6 Å². The summed E-state index contributed by atoms with van der Waals surface area (Å²) in [5.74, 6) is -1.71. The molecule has 7 heteroatoms. The SMILES string of the molecule is CC1(C(=O)c2ccc(Br)cc2)C2c3cc(Br)ccc3OC(=O)C21C(=O)NCc1ccccc1. The van der Waals surface area contributed by atoms with Crippen molar-refractivity contribution < 1.29 is 19.1 Å². The van der Waals surface area contributed by atoms with Gasteiger partial charge in [0, 0.05) is 32.5 Å². The summed E-state index contributed by atoms with van der Waals surface area (Å²) in [6, 6.07) is 21.6. The number of carbonyl (C=O) groups excluding carboxylic acids is 3. The van der Waals surface area contributed by atoms with Crippen LogP contribution in [0.15, 0.2) is 81.7 Å². The van der Waals surface area contributed by atoms with E-state index in [1.54, 1.807) is 43.3 Å². The van der Waals surface area contributed by atoms with Crippen molar-refractivity contribution in [2.45, 2.75) is 19.4 Å². The average Bonchev–Trinajstić information content (AvgIpc) is 3.42. The fraction of sp³-hybridized carbons (Fsp3) is 0.192. The van der Waals surface area contributed by atoms with Crippen LogP contribution in [0.3, 0.4) is 0 Å². The molecule has 0 aromatic heterocycles. The van der Waals surface area contributed by atoms with Crippen molar-refractivity contribution in [1.29, 1.82) is 0 Å². The van der Waals surface area contributed by atoms with Gasteiger partial charge in [-0.3, -0.25) is 14.4 Å². The van der Waals surface area contributed by atoms with Crippen LogP contribution >= 0.6 is 31.9 Å². The lowest BCUT2D eigenvalue weighted by Gasteiger charge is -2.23. The molecule has 1 saturated carbocycles. The predicted molar refractivity (Wildman–Crippen MR) is 130 cm³/mol. The van der Waals surface area contributed by atoms with E-state index in [1.165, 1.54) is 0 Å². The Morgan fingerprint density at radius 1 is 0.970 bits per heavy atom. The number of carbonyl (C=O) groups is 3. The molecule has 1 N–H and O–H groups in total. The first-order valence-corrected chi connectivity index (χ1v) is 12.0. The molecule has 2 aliphatic rings. The van der Waals surface area contributed by atoms with Gasteiger partial charge < -0.3 is 10.1 Å². The molecule has 3 aromatic carbocycles. The lowest BCUT2D eigenvalue weighted by Crippen LogP contribution is -2.45. The minimum atomic E-state index is -1.64. The molecule has 1 amide bonds. The molecular formula is C26H19Br2NO4. The van der Waals surface area contributed by atoms with Crippen LogP contribution in [-0.2, 0) is 16.1 Å². The topological polar surface area (TPSA) is 72.5 Å². The van der Waals surface area contributed by atoms with Crippen LogP contribution < -0.4 is 10.1 Å². The van der Waals surface area contributed by atoms with Crippen LogP contribution in [0, 0.1) is 10.8 Å². The Hall–Kier alpha value is -2.77. The van der Waals surface area contributed by atoms with Gasteiger partial charge >= 0.3 is 5.97 Å². The number of hydrogen-bond acceptors (Lipinski definition) is 4. The number of esters is 1. The number of Topliss-reactive ketones (excluding diaryl/α,β-unsaturated/α-hetero) is 1. The van der Waals surface area contributed by atoms with E-state index in [0.29, 0.717) is 16.9 Å². The molecule has 33 heavy (non-hydrogen) atoms. The molecule has 1 aliphatic heterocycles. The van der Waals surface area contributed by atoms with Crippen LogP contribution in [0.25, 0.3) is 0 Å². The highest BCUT2D eigenvalue weighted by Gasteiger charge is 2.88. The first kappa shape index (κ1) is 22.0. The Balaban J connectivity index is 1.59. The number of hydrogen-bond donors (Lipinski definition) is 1. The van der Waals surface area contributed by atoms with Crippen molar-refractivity contribution in [3.8, 4) is 5.75 Å². The smallest absolute Gasteiger partial charge is 0.328 e. The third-order valence-corrected chi connectivity index (χ3v) is 7.81. The Labute approximate surface area is 207 Å². The summed E-state index contributed by atoms with van der Waals surface area (Å²) in [4.78, 5) is 40.9. The molecule has 1 aliphatic carbocycles. The van der Waals surface area contributed by atoms with Crippen LogP contribution in [0.5, 0.6) is 5.75 Å². The van der Waals surface area contributed by atoms with Crippen molar-refractivity contribution in [3.63, 3.8) is 0 Å². The van der Waals surface area contributed by atoms with E-state index in [1.807, 2.05) is 36.4 Å². The number of fused-ring (bicyclic) bond motifs is 3. The maximum Gasteiger partial charge on any atom is 0.328 e. The van der Waals surface area contributed by atoms with Gasteiger partial charge in [0.1, 0.15) is 5.75 Å². The highest BCUT2D eigenvalue weighted by Crippen LogP contribution is 2.78. The fourth-order valence-corrected chi connectivity index (χ4v) is 5.74. The zero-order valence-electron chi connectivity index (χ0n) is 17.6. The summed E-state index contributed by atoms with van der Waals surface area (Å²) in [5, 5.41) is 2.89. The van der Waals surface area contributed by atoms with E-state index >= 15 is 0 Å². The van der Waals surface area contributed by atoms with E-state index in [0.717, 1.165) is 14.5 Å². The fourth-order valence-electron chi connectivity index (χ4n) is 5.10. The maximum absolute atomic E-state index is 13.8. The van der Waals surface area contributed by atoms with E-state index in [9.17, 15) is 14.4 Å². The zero-order chi connectivity index (χ0) is 23.4. The minimum absolute atomic E-state index is 0.245. The van der Waals surface area contributed by atoms with Crippen molar-refractivity contribution in [2.24, 2.45) is 10.8 Å². The standard InChI is InChI=1S/C26H19Br2NO4/c1-25(22(30)16-7-9-17(27)10-8-16)21-19-13-18(28)11-12-20(19)33-24(32)26(21,25)23(31)29-14-15-5-3-2-4-6-15/h2-13,21H,14H2,1H3,(H,29,31). The number of rotatable bonds is 5. The molecule has 5 nitrogen and oxygen atoms in total. The van der Waals surface area contributed by atoms with Gasteiger partial charge in [0.25, 0.3) is 0 Å². The summed E-state index contributed by atoms with van der Waals surface area (Å²) in [6.07, 6.45) is 0. The third-order valence-electron chi connectivity index (χ3n) is 6.79.